The molecule has 19 heavy (non-hydrogen) atoms. The molecule has 0 fully saturated rings. The first-order chi connectivity index (χ1) is 8.70. The summed E-state index contributed by atoms with van der Waals surface area (Å²) in [6.45, 7) is 5.64. The highest BCUT2D eigenvalue weighted by atomic mass is 32.1. The number of nitrogens with one attached hydrogen (secondary N) is 2. The minimum absolute atomic E-state index is 0.0140. The zero-order valence-electron chi connectivity index (χ0n) is 12.1. The van der Waals surface area contributed by atoms with Crippen molar-refractivity contribution in [2.24, 2.45) is 5.41 Å². The fourth-order valence-electron chi connectivity index (χ4n) is 1.23. The van der Waals surface area contributed by atoms with Crippen LogP contribution in [0.15, 0.2) is 24.3 Å². The summed E-state index contributed by atoms with van der Waals surface area (Å²) >= 11 is 5.18. The van der Waals surface area contributed by atoms with Crippen LogP contribution in [0.1, 0.15) is 20.8 Å². The second-order valence-corrected chi connectivity index (χ2v) is 6.00. The number of carbonyl (C=O) groups is 1. The molecule has 0 aliphatic carbocycles. The van der Waals surface area contributed by atoms with Gasteiger partial charge in [-0.2, -0.15) is 0 Å². The number of hydrogen-bond donors (Lipinski definition) is 2. The summed E-state index contributed by atoms with van der Waals surface area (Å²) < 4.78 is 0. The van der Waals surface area contributed by atoms with E-state index < -0.39 is 5.41 Å². The van der Waals surface area contributed by atoms with Gasteiger partial charge in [-0.1, -0.05) is 26.8 Å². The molecule has 0 atom stereocenters. The van der Waals surface area contributed by atoms with E-state index >= 15 is 0 Å². The monoisotopic (exact) mass is 279 g/mol. The Hall–Kier alpha value is -1.62. The molecule has 0 spiro atoms. The van der Waals surface area contributed by atoms with Crippen LogP contribution in [0.25, 0.3) is 0 Å². The summed E-state index contributed by atoms with van der Waals surface area (Å²) in [5.41, 5.74) is 1.19. The molecule has 0 aliphatic heterocycles. The molecule has 0 saturated heterocycles. The highest BCUT2D eigenvalue weighted by Gasteiger charge is 2.21. The fourth-order valence-corrected chi connectivity index (χ4v) is 1.35. The van der Waals surface area contributed by atoms with E-state index in [0.29, 0.717) is 5.11 Å². The van der Waals surface area contributed by atoms with E-state index in [4.69, 9.17) is 12.2 Å². The van der Waals surface area contributed by atoms with Crippen LogP contribution < -0.4 is 10.6 Å². The van der Waals surface area contributed by atoms with Gasteiger partial charge in [0.1, 0.15) is 0 Å². The minimum atomic E-state index is -0.414. The molecule has 4 nitrogen and oxygen atoms in total. The predicted molar refractivity (Wildman–Crippen MR) is 84.4 cm³/mol. The van der Waals surface area contributed by atoms with Gasteiger partial charge in [0.2, 0.25) is 5.91 Å². The van der Waals surface area contributed by atoms with E-state index in [9.17, 15) is 4.79 Å². The molecule has 0 radical (unpaired) electrons. The smallest absolute Gasteiger partial charge is 0.229 e. The number of benzene rings is 1. The first kappa shape index (κ1) is 15.4. The first-order valence-electron chi connectivity index (χ1n) is 6.10. The fraction of sp³-hybridized carbons (Fsp3) is 0.429. The zero-order chi connectivity index (χ0) is 14.6. The Labute approximate surface area is 120 Å². The van der Waals surface area contributed by atoms with Crippen LogP contribution in [-0.4, -0.2) is 30.0 Å². The van der Waals surface area contributed by atoms with Crippen LogP contribution in [0.2, 0.25) is 0 Å². The number of anilines is 2. The molecule has 104 valence electrons. The van der Waals surface area contributed by atoms with Crippen LogP contribution >= 0.6 is 12.2 Å². The third kappa shape index (κ3) is 4.87. The minimum Gasteiger partial charge on any atom is -0.355 e. The predicted octanol–water partition coefficient (Wildman–Crippen LogP) is 2.93. The molecule has 1 aromatic carbocycles. The van der Waals surface area contributed by atoms with Crippen molar-refractivity contribution in [1.82, 2.24) is 4.90 Å². The molecular formula is C14H21N3OS. The van der Waals surface area contributed by atoms with Crippen molar-refractivity contribution in [2.45, 2.75) is 20.8 Å². The summed E-state index contributed by atoms with van der Waals surface area (Å²) in [6.07, 6.45) is 0. The van der Waals surface area contributed by atoms with Crippen LogP contribution in [0.3, 0.4) is 0 Å². The molecule has 0 saturated carbocycles. The van der Waals surface area contributed by atoms with E-state index in [-0.39, 0.29) is 5.91 Å². The van der Waals surface area contributed by atoms with Gasteiger partial charge in [0, 0.05) is 30.9 Å². The molecule has 1 amide bonds. The van der Waals surface area contributed by atoms with Crippen molar-refractivity contribution in [3.63, 3.8) is 0 Å². The number of thiocarbonyl (C=S) groups is 1. The van der Waals surface area contributed by atoms with E-state index in [0.717, 1.165) is 11.4 Å². The summed E-state index contributed by atoms with van der Waals surface area (Å²) in [4.78, 5) is 13.7. The van der Waals surface area contributed by atoms with Gasteiger partial charge in [-0.05, 0) is 30.4 Å². The van der Waals surface area contributed by atoms with Crippen LogP contribution in [0.5, 0.6) is 0 Å². The van der Waals surface area contributed by atoms with Crippen molar-refractivity contribution in [3.8, 4) is 0 Å². The van der Waals surface area contributed by atoms with Gasteiger partial charge in [0.25, 0.3) is 0 Å². The van der Waals surface area contributed by atoms with Crippen LogP contribution in [-0.2, 0) is 4.79 Å². The highest BCUT2D eigenvalue weighted by molar-refractivity contribution is 7.80. The molecule has 5 heteroatoms. The molecule has 0 heterocycles. The zero-order valence-corrected chi connectivity index (χ0v) is 12.9. The average Bonchev–Trinajstić information content (AvgIpc) is 2.27. The average molecular weight is 279 g/mol. The van der Waals surface area contributed by atoms with Crippen molar-refractivity contribution in [1.29, 1.82) is 0 Å². The number of rotatable bonds is 2. The topological polar surface area (TPSA) is 44.4 Å². The second kappa shape index (κ2) is 6.02. The lowest BCUT2D eigenvalue weighted by Crippen LogP contribution is -2.28. The number of hydrogen-bond acceptors (Lipinski definition) is 2. The molecule has 0 aromatic heterocycles. The van der Waals surface area contributed by atoms with E-state index in [1.807, 2.05) is 64.0 Å². The van der Waals surface area contributed by atoms with Gasteiger partial charge < -0.3 is 15.5 Å². The largest absolute Gasteiger partial charge is 0.355 e. The molecule has 1 aromatic rings. The standard InChI is InChI=1S/C14H21N3OS/c1-14(2,3)12(18)15-10-7-6-8-11(9-10)16-13(19)17(4)5/h6-9H,1-5H3,(H,15,18)(H,16,19). The van der Waals surface area contributed by atoms with E-state index in [1.165, 1.54) is 0 Å². The Morgan fingerprint density at radius 1 is 1.16 bits per heavy atom. The molecule has 0 bridgehead atoms. The SMILES string of the molecule is CN(C)C(=S)Nc1cccc(NC(=O)C(C)(C)C)c1. The van der Waals surface area contributed by atoms with Crippen molar-refractivity contribution < 1.29 is 4.79 Å². The number of amides is 1. The van der Waals surface area contributed by atoms with Crippen molar-refractivity contribution >= 4 is 34.6 Å². The van der Waals surface area contributed by atoms with Gasteiger partial charge in [0.15, 0.2) is 5.11 Å². The molecule has 2 N–H and O–H groups in total. The Kier molecular flexibility index (Phi) is 4.89. The lowest BCUT2D eigenvalue weighted by atomic mass is 9.95. The summed E-state index contributed by atoms with van der Waals surface area (Å²) in [7, 11) is 3.75. The molecule has 0 unspecified atom stereocenters. The summed E-state index contributed by atoms with van der Waals surface area (Å²) in [5, 5.41) is 6.61. The Morgan fingerprint density at radius 2 is 1.68 bits per heavy atom. The number of carbonyl (C=O) groups excluding carboxylic acids is 1. The van der Waals surface area contributed by atoms with E-state index in [1.54, 1.807) is 0 Å². The Morgan fingerprint density at radius 3 is 2.16 bits per heavy atom. The maximum atomic E-state index is 11.9. The van der Waals surface area contributed by atoms with Gasteiger partial charge >= 0.3 is 0 Å². The van der Waals surface area contributed by atoms with Gasteiger partial charge in [-0.15, -0.1) is 0 Å². The van der Waals surface area contributed by atoms with Gasteiger partial charge in [0.05, 0.1) is 0 Å². The van der Waals surface area contributed by atoms with Crippen LogP contribution in [0, 0.1) is 5.41 Å². The third-order valence-corrected chi connectivity index (χ3v) is 2.93. The normalized spacial score (nSPS) is 10.8. The second-order valence-electron chi connectivity index (χ2n) is 5.61. The first-order valence-corrected chi connectivity index (χ1v) is 6.51. The van der Waals surface area contributed by atoms with Crippen molar-refractivity contribution in [3.05, 3.63) is 24.3 Å². The molecular weight excluding hydrogens is 258 g/mol. The maximum Gasteiger partial charge on any atom is 0.229 e. The summed E-state index contributed by atoms with van der Waals surface area (Å²) in [6, 6.07) is 7.49. The van der Waals surface area contributed by atoms with Crippen molar-refractivity contribution in [2.75, 3.05) is 24.7 Å². The highest BCUT2D eigenvalue weighted by Crippen LogP contribution is 2.20. The summed E-state index contributed by atoms with van der Waals surface area (Å²) in [5.74, 6) is -0.0140. The third-order valence-electron chi connectivity index (χ3n) is 2.46. The Bertz CT molecular complexity index is 478. The van der Waals surface area contributed by atoms with Gasteiger partial charge in [-0.3, -0.25) is 4.79 Å². The molecule has 1 rings (SSSR count). The van der Waals surface area contributed by atoms with Crippen LogP contribution in [0.4, 0.5) is 11.4 Å². The quantitative estimate of drug-likeness (QED) is 0.817. The van der Waals surface area contributed by atoms with E-state index in [2.05, 4.69) is 10.6 Å². The number of nitrogens with zero attached hydrogens (tertiary/aromatic N) is 1. The maximum absolute atomic E-state index is 11.9. The lowest BCUT2D eigenvalue weighted by Gasteiger charge is -2.19. The Balaban J connectivity index is 2.78. The molecule has 0 aliphatic rings. The lowest BCUT2D eigenvalue weighted by molar-refractivity contribution is -0.123. The van der Waals surface area contributed by atoms with Gasteiger partial charge in [-0.25, -0.2) is 0 Å².